The predicted molar refractivity (Wildman–Crippen MR) is 110 cm³/mol. The Kier molecular flexibility index (Phi) is 3.95. The molecule has 2 aromatic carbocycles. The predicted octanol–water partition coefficient (Wildman–Crippen LogP) is 2.29. The summed E-state index contributed by atoms with van der Waals surface area (Å²) in [5, 5.41) is 11.4. The van der Waals surface area contributed by atoms with E-state index < -0.39 is 34.2 Å². The minimum atomic E-state index is -1.59. The van der Waals surface area contributed by atoms with Gasteiger partial charge in [0.15, 0.2) is 5.41 Å². The van der Waals surface area contributed by atoms with E-state index in [-0.39, 0.29) is 12.1 Å². The normalized spacial score (nSPS) is 21.7. The van der Waals surface area contributed by atoms with Gasteiger partial charge < -0.3 is 4.90 Å². The summed E-state index contributed by atoms with van der Waals surface area (Å²) in [6.07, 6.45) is 0.700. The number of hydrogen-bond acceptors (Lipinski definition) is 6. The molecule has 4 amide bonds. The molecule has 0 bridgehead atoms. The first-order chi connectivity index (χ1) is 14.8. The SMILES string of the molecule is CN1C(=O)N(C)C(=O)C2(Cc3cc([N+](=O)[O-])ccc3N3CCc4ccccc4C32)C1=O. The molecule has 1 atom stereocenters. The number of carbonyl (C=O) groups excluding carboxylic acids is 3. The van der Waals surface area contributed by atoms with Crippen LogP contribution in [0.15, 0.2) is 42.5 Å². The van der Waals surface area contributed by atoms with Crippen molar-refractivity contribution in [2.75, 3.05) is 25.5 Å². The summed E-state index contributed by atoms with van der Waals surface area (Å²) in [5.74, 6) is -1.16. The van der Waals surface area contributed by atoms with E-state index in [0.717, 1.165) is 26.6 Å². The number of non-ortho nitro benzene ring substituents is 1. The Balaban J connectivity index is 1.80. The van der Waals surface area contributed by atoms with Crippen molar-refractivity contribution in [2.45, 2.75) is 18.9 Å². The van der Waals surface area contributed by atoms with Crippen molar-refractivity contribution in [1.29, 1.82) is 0 Å². The number of anilines is 1. The number of fused-ring (bicyclic) bond motifs is 6. The van der Waals surface area contributed by atoms with Gasteiger partial charge in [0.2, 0.25) is 11.8 Å². The van der Waals surface area contributed by atoms with E-state index in [2.05, 4.69) is 0 Å². The molecule has 31 heavy (non-hydrogen) atoms. The van der Waals surface area contributed by atoms with Crippen LogP contribution in [0.4, 0.5) is 16.2 Å². The Morgan fingerprint density at radius 3 is 2.35 bits per heavy atom. The highest BCUT2D eigenvalue weighted by molar-refractivity contribution is 6.20. The monoisotopic (exact) mass is 420 g/mol. The molecule has 0 saturated carbocycles. The van der Waals surface area contributed by atoms with Crippen molar-refractivity contribution >= 4 is 29.2 Å². The summed E-state index contributed by atoms with van der Waals surface area (Å²) in [6, 6.07) is 11.0. The average molecular weight is 420 g/mol. The van der Waals surface area contributed by atoms with E-state index in [1.54, 1.807) is 6.07 Å². The smallest absolute Gasteiger partial charge is 0.332 e. The van der Waals surface area contributed by atoms with E-state index in [9.17, 15) is 24.5 Å². The number of amides is 4. The standard InChI is InChI=1S/C22H20N4O5/c1-23-19(27)22(20(28)24(2)21(23)29)12-14-11-15(26(30)31)7-8-17(14)25-10-9-13-5-3-4-6-16(13)18(22)25/h3-8,11,18H,9-10,12H2,1-2H3. The average Bonchev–Trinajstić information content (AvgIpc) is 2.79. The minimum Gasteiger partial charge on any atom is -0.362 e. The second kappa shape index (κ2) is 6.37. The van der Waals surface area contributed by atoms with Gasteiger partial charge in [0, 0.05) is 44.9 Å². The molecule has 5 rings (SSSR count). The lowest BCUT2D eigenvalue weighted by molar-refractivity contribution is -0.384. The van der Waals surface area contributed by atoms with E-state index in [1.165, 1.54) is 26.2 Å². The van der Waals surface area contributed by atoms with Crippen LogP contribution in [-0.2, 0) is 22.4 Å². The first-order valence-corrected chi connectivity index (χ1v) is 9.99. The molecule has 9 heteroatoms. The van der Waals surface area contributed by atoms with Gasteiger partial charge in [-0.1, -0.05) is 24.3 Å². The highest BCUT2D eigenvalue weighted by atomic mass is 16.6. The number of nitrogens with zero attached hydrogens (tertiary/aromatic N) is 4. The molecule has 1 unspecified atom stereocenters. The van der Waals surface area contributed by atoms with E-state index in [1.807, 2.05) is 29.2 Å². The van der Waals surface area contributed by atoms with Gasteiger partial charge in [0.1, 0.15) is 0 Å². The molecule has 3 aliphatic rings. The van der Waals surface area contributed by atoms with Crippen LogP contribution < -0.4 is 4.90 Å². The number of rotatable bonds is 1. The molecule has 2 aromatic rings. The fourth-order valence-corrected chi connectivity index (χ4v) is 5.34. The summed E-state index contributed by atoms with van der Waals surface area (Å²) in [7, 11) is 2.74. The lowest BCUT2D eigenvalue weighted by Gasteiger charge is -2.54. The maximum Gasteiger partial charge on any atom is 0.332 e. The minimum absolute atomic E-state index is 0.0147. The first-order valence-electron chi connectivity index (χ1n) is 9.99. The maximum absolute atomic E-state index is 13.7. The lowest BCUT2D eigenvalue weighted by Crippen LogP contribution is -2.69. The van der Waals surface area contributed by atoms with Gasteiger partial charge in [-0.15, -0.1) is 0 Å². The fraction of sp³-hybridized carbons (Fsp3) is 0.318. The summed E-state index contributed by atoms with van der Waals surface area (Å²) >= 11 is 0. The molecule has 0 aromatic heterocycles. The summed E-state index contributed by atoms with van der Waals surface area (Å²) in [6.45, 7) is 0.552. The highest BCUT2D eigenvalue weighted by Crippen LogP contribution is 2.54. The molecular weight excluding hydrogens is 400 g/mol. The summed E-state index contributed by atoms with van der Waals surface area (Å²) < 4.78 is 0. The molecule has 9 nitrogen and oxygen atoms in total. The molecule has 1 saturated heterocycles. The lowest BCUT2D eigenvalue weighted by atomic mass is 9.64. The number of nitro benzene ring substituents is 1. The van der Waals surface area contributed by atoms with Crippen molar-refractivity contribution in [1.82, 2.24) is 9.80 Å². The van der Waals surface area contributed by atoms with Crippen LogP contribution in [-0.4, -0.2) is 53.2 Å². The number of benzene rings is 2. The Hall–Kier alpha value is -3.75. The van der Waals surface area contributed by atoms with Crippen molar-refractivity contribution in [2.24, 2.45) is 5.41 Å². The second-order valence-corrected chi connectivity index (χ2v) is 8.27. The van der Waals surface area contributed by atoms with Crippen LogP contribution in [0.25, 0.3) is 0 Å². The summed E-state index contributed by atoms with van der Waals surface area (Å²) in [5.41, 5.74) is 1.57. The van der Waals surface area contributed by atoms with Crippen molar-refractivity contribution in [3.63, 3.8) is 0 Å². The molecule has 3 aliphatic heterocycles. The third-order valence-corrected chi connectivity index (χ3v) is 6.75. The van der Waals surface area contributed by atoms with E-state index in [4.69, 9.17) is 0 Å². The van der Waals surface area contributed by atoms with E-state index in [0.29, 0.717) is 18.5 Å². The molecule has 0 N–H and O–H groups in total. The molecule has 3 heterocycles. The third-order valence-electron chi connectivity index (χ3n) is 6.75. The zero-order chi connectivity index (χ0) is 22.1. The molecule has 1 spiro atoms. The van der Waals surface area contributed by atoms with Gasteiger partial charge in [-0.2, -0.15) is 0 Å². The van der Waals surface area contributed by atoms with Crippen LogP contribution in [0.3, 0.4) is 0 Å². The largest absolute Gasteiger partial charge is 0.362 e. The van der Waals surface area contributed by atoms with Gasteiger partial charge in [-0.05, 0) is 29.2 Å². The Bertz CT molecular complexity index is 1150. The number of imide groups is 2. The molecule has 0 radical (unpaired) electrons. The van der Waals surface area contributed by atoms with Crippen molar-refractivity contribution in [3.05, 3.63) is 69.3 Å². The van der Waals surface area contributed by atoms with Gasteiger partial charge in [-0.3, -0.25) is 29.5 Å². The van der Waals surface area contributed by atoms with Crippen LogP contribution in [0, 0.1) is 15.5 Å². The third kappa shape index (κ3) is 2.40. The number of hydrogen-bond donors (Lipinski definition) is 0. The highest BCUT2D eigenvalue weighted by Gasteiger charge is 2.64. The zero-order valence-corrected chi connectivity index (χ0v) is 17.1. The fourth-order valence-electron chi connectivity index (χ4n) is 5.34. The molecule has 1 fully saturated rings. The number of nitro groups is 1. The van der Waals surface area contributed by atoms with Crippen LogP contribution in [0.2, 0.25) is 0 Å². The van der Waals surface area contributed by atoms with Crippen molar-refractivity contribution in [3.8, 4) is 0 Å². The first kappa shape index (κ1) is 19.2. The van der Waals surface area contributed by atoms with Crippen LogP contribution in [0.5, 0.6) is 0 Å². The van der Waals surface area contributed by atoms with E-state index >= 15 is 0 Å². The molecule has 0 aliphatic carbocycles. The maximum atomic E-state index is 13.7. The van der Waals surface area contributed by atoms with Gasteiger partial charge in [-0.25, -0.2) is 4.79 Å². The summed E-state index contributed by atoms with van der Waals surface area (Å²) in [4.78, 5) is 54.6. The second-order valence-electron chi connectivity index (χ2n) is 8.27. The van der Waals surface area contributed by atoms with Gasteiger partial charge in [0.05, 0.1) is 11.0 Å². The van der Waals surface area contributed by atoms with Crippen molar-refractivity contribution < 1.29 is 19.3 Å². The van der Waals surface area contributed by atoms with Crippen LogP contribution in [0.1, 0.15) is 22.7 Å². The Labute approximate surface area is 178 Å². The Morgan fingerprint density at radius 1 is 1.00 bits per heavy atom. The zero-order valence-electron chi connectivity index (χ0n) is 17.1. The molecule has 158 valence electrons. The quantitative estimate of drug-likeness (QED) is 0.398. The van der Waals surface area contributed by atoms with Gasteiger partial charge >= 0.3 is 6.03 Å². The topological polar surface area (TPSA) is 104 Å². The number of urea groups is 1. The van der Waals surface area contributed by atoms with Gasteiger partial charge in [0.25, 0.3) is 5.69 Å². The molecular formula is C22H20N4O5. The Morgan fingerprint density at radius 2 is 1.68 bits per heavy atom. The number of carbonyl (C=O) groups is 3. The number of barbiturate groups is 1. The van der Waals surface area contributed by atoms with Crippen LogP contribution >= 0.6 is 0 Å².